The van der Waals surface area contributed by atoms with Crippen LogP contribution in [0.5, 0.6) is 5.75 Å². The third-order valence-electron chi connectivity index (χ3n) is 3.03. The van der Waals surface area contributed by atoms with E-state index in [1.54, 1.807) is 4.90 Å². The standard InChI is InChI=1S/C14H19Cl2N3O3/c1-14(2,3)22-13(20)19-6-4-5-9(7-19)21-10-11(15)17-8-18-12(10)16/h8-9H,4-7H2,1-3H3. The number of ether oxygens (including phenoxy) is 2. The van der Waals surface area contributed by atoms with Gasteiger partial charge < -0.3 is 14.4 Å². The zero-order valence-corrected chi connectivity index (χ0v) is 14.3. The summed E-state index contributed by atoms with van der Waals surface area (Å²) in [5, 5.41) is 0.323. The van der Waals surface area contributed by atoms with Crippen LogP contribution < -0.4 is 4.74 Å². The second-order valence-corrected chi connectivity index (χ2v) is 6.81. The molecule has 0 saturated carbocycles. The van der Waals surface area contributed by atoms with E-state index < -0.39 is 5.60 Å². The van der Waals surface area contributed by atoms with Gasteiger partial charge in [-0.2, -0.15) is 0 Å². The lowest BCUT2D eigenvalue weighted by Gasteiger charge is -2.34. The highest BCUT2D eigenvalue weighted by Gasteiger charge is 2.29. The first-order valence-corrected chi connectivity index (χ1v) is 7.82. The molecule has 1 aliphatic rings. The van der Waals surface area contributed by atoms with Crippen LogP contribution in [0.1, 0.15) is 33.6 Å². The van der Waals surface area contributed by atoms with Crippen molar-refractivity contribution in [3.8, 4) is 5.75 Å². The Hall–Kier alpha value is -1.27. The van der Waals surface area contributed by atoms with Gasteiger partial charge in [-0.15, -0.1) is 0 Å². The minimum atomic E-state index is -0.523. The van der Waals surface area contributed by atoms with Crippen LogP contribution in [0.4, 0.5) is 4.79 Å². The van der Waals surface area contributed by atoms with Gasteiger partial charge in [0.15, 0.2) is 16.1 Å². The fourth-order valence-electron chi connectivity index (χ4n) is 2.12. The van der Waals surface area contributed by atoms with Crippen LogP contribution in [0.2, 0.25) is 10.3 Å². The molecule has 0 spiro atoms. The fraction of sp³-hybridized carbons (Fsp3) is 0.643. The number of aromatic nitrogens is 2. The molecule has 22 heavy (non-hydrogen) atoms. The number of likely N-dealkylation sites (tertiary alicyclic amines) is 1. The summed E-state index contributed by atoms with van der Waals surface area (Å²) in [6.45, 7) is 6.56. The Morgan fingerprint density at radius 3 is 2.55 bits per heavy atom. The summed E-state index contributed by atoms with van der Waals surface area (Å²) < 4.78 is 11.2. The van der Waals surface area contributed by atoms with Gasteiger partial charge in [-0.3, -0.25) is 0 Å². The highest BCUT2D eigenvalue weighted by Crippen LogP contribution is 2.31. The Bertz CT molecular complexity index is 528. The van der Waals surface area contributed by atoms with Crippen LogP contribution in [0, 0.1) is 0 Å². The Labute approximate surface area is 139 Å². The van der Waals surface area contributed by atoms with E-state index in [0.717, 1.165) is 12.8 Å². The van der Waals surface area contributed by atoms with Gasteiger partial charge in [-0.25, -0.2) is 14.8 Å². The van der Waals surface area contributed by atoms with E-state index in [0.29, 0.717) is 13.1 Å². The van der Waals surface area contributed by atoms with Crippen molar-refractivity contribution in [3.05, 3.63) is 16.6 Å². The van der Waals surface area contributed by atoms with E-state index >= 15 is 0 Å². The number of halogens is 2. The zero-order valence-electron chi connectivity index (χ0n) is 12.8. The lowest BCUT2D eigenvalue weighted by molar-refractivity contribution is 0.00772. The summed E-state index contributed by atoms with van der Waals surface area (Å²) in [6.07, 6.45) is 2.31. The smallest absolute Gasteiger partial charge is 0.410 e. The van der Waals surface area contributed by atoms with E-state index in [9.17, 15) is 4.79 Å². The molecule has 6 nitrogen and oxygen atoms in total. The van der Waals surface area contributed by atoms with Gasteiger partial charge in [-0.05, 0) is 33.6 Å². The topological polar surface area (TPSA) is 64.5 Å². The maximum absolute atomic E-state index is 12.1. The van der Waals surface area contributed by atoms with Gasteiger partial charge in [-0.1, -0.05) is 23.2 Å². The van der Waals surface area contributed by atoms with Gasteiger partial charge in [0, 0.05) is 6.54 Å². The van der Waals surface area contributed by atoms with Crippen LogP contribution in [0.25, 0.3) is 0 Å². The molecule has 0 aromatic carbocycles. The summed E-state index contributed by atoms with van der Waals surface area (Å²) in [7, 11) is 0. The van der Waals surface area contributed by atoms with Crippen molar-refractivity contribution in [3.63, 3.8) is 0 Å². The molecule has 2 heterocycles. The number of carbonyl (C=O) groups excluding carboxylic acids is 1. The van der Waals surface area contributed by atoms with Gasteiger partial charge >= 0.3 is 6.09 Å². The van der Waals surface area contributed by atoms with Gasteiger partial charge in [0.25, 0.3) is 0 Å². The summed E-state index contributed by atoms with van der Waals surface area (Å²) >= 11 is 11.9. The molecule has 122 valence electrons. The van der Waals surface area contributed by atoms with Gasteiger partial charge in [0.1, 0.15) is 18.0 Å². The molecule has 1 fully saturated rings. The minimum Gasteiger partial charge on any atom is -0.482 e. The molecule has 1 saturated heterocycles. The number of carbonyl (C=O) groups is 1. The molecule has 8 heteroatoms. The Morgan fingerprint density at radius 2 is 1.95 bits per heavy atom. The van der Waals surface area contributed by atoms with E-state index in [1.807, 2.05) is 20.8 Å². The van der Waals surface area contributed by atoms with Crippen molar-refractivity contribution < 1.29 is 14.3 Å². The second kappa shape index (κ2) is 6.87. The van der Waals surface area contributed by atoms with E-state index in [-0.39, 0.29) is 28.3 Å². The van der Waals surface area contributed by atoms with Crippen LogP contribution in [0.3, 0.4) is 0 Å². The van der Waals surface area contributed by atoms with Crippen LogP contribution in [0.15, 0.2) is 6.33 Å². The molecule has 1 amide bonds. The zero-order chi connectivity index (χ0) is 16.3. The average Bonchev–Trinajstić information content (AvgIpc) is 2.41. The molecule has 1 aromatic heterocycles. The lowest BCUT2D eigenvalue weighted by Crippen LogP contribution is -2.46. The van der Waals surface area contributed by atoms with Crippen LogP contribution in [-0.2, 0) is 4.74 Å². The normalized spacial score (nSPS) is 19.0. The number of hydrogen-bond donors (Lipinski definition) is 0. The third-order valence-corrected chi connectivity index (χ3v) is 3.57. The number of nitrogens with zero attached hydrogens (tertiary/aromatic N) is 3. The monoisotopic (exact) mass is 347 g/mol. The predicted octanol–water partition coefficient (Wildman–Crippen LogP) is 3.56. The second-order valence-electron chi connectivity index (χ2n) is 6.09. The predicted molar refractivity (Wildman–Crippen MR) is 83.5 cm³/mol. The maximum atomic E-state index is 12.1. The van der Waals surface area contributed by atoms with Gasteiger partial charge in [0.2, 0.25) is 0 Å². The highest BCUT2D eigenvalue weighted by atomic mass is 35.5. The van der Waals surface area contributed by atoms with Crippen molar-refractivity contribution in [2.75, 3.05) is 13.1 Å². The minimum absolute atomic E-state index is 0.161. The first-order chi connectivity index (χ1) is 10.3. The molecule has 1 aromatic rings. The Balaban J connectivity index is 2.00. The SMILES string of the molecule is CC(C)(C)OC(=O)N1CCCC(Oc2c(Cl)ncnc2Cl)C1. The first-order valence-electron chi connectivity index (χ1n) is 7.07. The maximum Gasteiger partial charge on any atom is 0.410 e. The molecular weight excluding hydrogens is 329 g/mol. The van der Waals surface area contributed by atoms with Crippen molar-refractivity contribution in [1.82, 2.24) is 14.9 Å². The summed E-state index contributed by atoms with van der Waals surface area (Å²) in [4.78, 5) is 21.4. The highest BCUT2D eigenvalue weighted by molar-refractivity contribution is 6.35. The Kier molecular flexibility index (Phi) is 5.34. The van der Waals surface area contributed by atoms with Crippen LogP contribution >= 0.6 is 23.2 Å². The van der Waals surface area contributed by atoms with Crippen molar-refractivity contribution >= 4 is 29.3 Å². The molecule has 1 atom stereocenters. The van der Waals surface area contributed by atoms with Crippen LogP contribution in [-0.4, -0.2) is 45.8 Å². The number of rotatable bonds is 2. The average molecular weight is 348 g/mol. The molecule has 2 rings (SSSR count). The Morgan fingerprint density at radius 1 is 1.32 bits per heavy atom. The van der Waals surface area contributed by atoms with Crippen molar-refractivity contribution in [1.29, 1.82) is 0 Å². The molecule has 0 radical (unpaired) electrons. The molecule has 0 aliphatic carbocycles. The van der Waals surface area contributed by atoms with Gasteiger partial charge in [0.05, 0.1) is 6.54 Å². The number of amides is 1. The van der Waals surface area contributed by atoms with E-state index in [1.165, 1.54) is 6.33 Å². The third kappa shape index (κ3) is 4.61. The van der Waals surface area contributed by atoms with E-state index in [2.05, 4.69) is 9.97 Å². The molecule has 1 aliphatic heterocycles. The molecule has 1 unspecified atom stereocenters. The largest absolute Gasteiger partial charge is 0.482 e. The fourth-order valence-corrected chi connectivity index (χ4v) is 2.53. The molecular formula is C14H19Cl2N3O3. The lowest BCUT2D eigenvalue weighted by atomic mass is 10.1. The number of hydrogen-bond acceptors (Lipinski definition) is 5. The van der Waals surface area contributed by atoms with E-state index in [4.69, 9.17) is 32.7 Å². The quantitative estimate of drug-likeness (QED) is 0.765. The molecule has 0 N–H and O–H groups in total. The summed E-state index contributed by atoms with van der Waals surface area (Å²) in [5.41, 5.74) is -0.523. The number of piperidine rings is 1. The molecule has 0 bridgehead atoms. The van der Waals surface area contributed by atoms with Crippen molar-refractivity contribution in [2.45, 2.75) is 45.3 Å². The summed E-state index contributed by atoms with van der Waals surface area (Å²) in [6, 6.07) is 0. The first kappa shape index (κ1) is 17.1. The summed E-state index contributed by atoms with van der Waals surface area (Å²) in [5.74, 6) is 0.252. The van der Waals surface area contributed by atoms with Crippen molar-refractivity contribution in [2.24, 2.45) is 0 Å².